The van der Waals surface area contributed by atoms with Crippen molar-refractivity contribution in [1.29, 1.82) is 0 Å². The van der Waals surface area contributed by atoms with E-state index >= 15 is 0 Å². The zero-order valence-electron chi connectivity index (χ0n) is 17.4. The van der Waals surface area contributed by atoms with Crippen LogP contribution >= 0.6 is 0 Å². The average Bonchev–Trinajstić information content (AvgIpc) is 2.58. The first-order chi connectivity index (χ1) is 12.4. The molecule has 0 fully saturated rings. The molecular formula is C23H32O3S. The summed E-state index contributed by atoms with van der Waals surface area (Å²) in [6, 6.07) is 14.7. The topological polar surface area (TPSA) is 35.5 Å². The molecule has 4 heteroatoms. The Balaban J connectivity index is 2.11. The summed E-state index contributed by atoms with van der Waals surface area (Å²) in [4.78, 5) is 1.38. The molecule has 0 unspecified atom stereocenters. The summed E-state index contributed by atoms with van der Waals surface area (Å²) in [5.74, 6) is 5.53. The zero-order chi connectivity index (χ0) is 20.3. The van der Waals surface area contributed by atoms with E-state index in [1.165, 1.54) is 0 Å². The average molecular weight is 389 g/mol. The molecule has 0 heterocycles. The van der Waals surface area contributed by atoms with E-state index < -0.39 is 9.52 Å². The summed E-state index contributed by atoms with van der Waals surface area (Å²) < 4.78 is 24.8. The Hall–Kier alpha value is -1.94. The summed E-state index contributed by atoms with van der Waals surface area (Å²) in [5, 5.41) is 0. The maximum Gasteiger partial charge on any atom is 0.119 e. The molecule has 27 heavy (non-hydrogen) atoms. The molecule has 0 radical (unpaired) electrons. The van der Waals surface area contributed by atoms with Crippen LogP contribution in [0, 0.1) is 10.8 Å². The van der Waals surface area contributed by atoms with Crippen molar-refractivity contribution < 1.29 is 13.7 Å². The summed E-state index contributed by atoms with van der Waals surface area (Å²) in [5.41, 5.74) is 0.185. The molecule has 0 aromatic heterocycles. The van der Waals surface area contributed by atoms with Gasteiger partial charge in [0.05, 0.1) is 13.2 Å². The highest BCUT2D eigenvalue weighted by Crippen LogP contribution is 2.26. The van der Waals surface area contributed by atoms with E-state index in [4.69, 9.17) is 9.47 Å². The maximum absolute atomic E-state index is 13.3. The van der Waals surface area contributed by atoms with Crippen LogP contribution in [0.2, 0.25) is 0 Å². The molecule has 0 N–H and O–H groups in total. The molecule has 0 saturated carbocycles. The molecule has 0 aliphatic carbocycles. The van der Waals surface area contributed by atoms with Gasteiger partial charge in [-0.05, 0) is 65.2 Å². The highest BCUT2D eigenvalue weighted by Gasteiger charge is 2.15. The van der Waals surface area contributed by atoms with Crippen molar-refractivity contribution in [3.05, 3.63) is 48.5 Å². The molecule has 2 aromatic rings. The van der Waals surface area contributed by atoms with Crippen LogP contribution in [0.3, 0.4) is 0 Å². The van der Waals surface area contributed by atoms with Crippen LogP contribution in [0.5, 0.6) is 11.5 Å². The Kier molecular flexibility index (Phi) is 6.31. The molecule has 0 bridgehead atoms. The summed E-state index contributed by atoms with van der Waals surface area (Å²) in [7, 11) is -2.57. The Morgan fingerprint density at radius 2 is 1.00 bits per heavy atom. The second-order valence-electron chi connectivity index (χ2n) is 9.32. The second-order valence-corrected chi connectivity index (χ2v) is 11.6. The first-order valence-electron chi connectivity index (χ1n) is 9.20. The van der Waals surface area contributed by atoms with E-state index in [1.54, 1.807) is 0 Å². The van der Waals surface area contributed by atoms with E-state index in [-0.39, 0.29) is 10.8 Å². The van der Waals surface area contributed by atoms with Crippen LogP contribution in [-0.2, 0) is 9.52 Å². The van der Waals surface area contributed by atoms with Crippen molar-refractivity contribution in [2.45, 2.75) is 51.3 Å². The number of hydrogen-bond donors (Lipinski definition) is 0. The van der Waals surface area contributed by atoms with Crippen LogP contribution < -0.4 is 9.47 Å². The molecule has 0 aliphatic rings. The van der Waals surface area contributed by atoms with Crippen molar-refractivity contribution in [1.82, 2.24) is 0 Å². The van der Waals surface area contributed by atoms with E-state index in [9.17, 15) is 4.21 Å². The molecule has 0 atom stereocenters. The first kappa shape index (κ1) is 21.4. The number of ether oxygens (including phenoxy) is 2. The molecule has 148 valence electrons. The Morgan fingerprint density at radius 3 is 1.26 bits per heavy atom. The predicted octanol–water partition coefficient (Wildman–Crippen LogP) is 5.67. The lowest BCUT2D eigenvalue weighted by atomic mass is 9.99. The van der Waals surface area contributed by atoms with Gasteiger partial charge in [0.25, 0.3) is 0 Å². The molecule has 3 nitrogen and oxygen atoms in total. The van der Waals surface area contributed by atoms with Gasteiger partial charge in [0.15, 0.2) is 0 Å². The van der Waals surface area contributed by atoms with Crippen LogP contribution in [0.25, 0.3) is 0 Å². The van der Waals surface area contributed by atoms with Gasteiger partial charge in [-0.15, -0.1) is 0 Å². The molecule has 0 amide bonds. The van der Waals surface area contributed by atoms with Gasteiger partial charge in [-0.1, -0.05) is 41.5 Å². The van der Waals surface area contributed by atoms with Gasteiger partial charge in [-0.25, -0.2) is 0 Å². The van der Waals surface area contributed by atoms with Crippen LogP contribution in [0.15, 0.2) is 58.3 Å². The lowest BCUT2D eigenvalue weighted by Gasteiger charge is -2.19. The third kappa shape index (κ3) is 6.62. The van der Waals surface area contributed by atoms with Crippen molar-refractivity contribution in [3.8, 4) is 11.5 Å². The lowest BCUT2D eigenvalue weighted by molar-refractivity contribution is 0.198. The molecule has 0 aliphatic heterocycles. The monoisotopic (exact) mass is 388 g/mol. The highest BCUT2D eigenvalue weighted by molar-refractivity contribution is 8.00. The fraction of sp³-hybridized carbons (Fsp3) is 0.435. The van der Waals surface area contributed by atoms with Crippen molar-refractivity contribution in [2.24, 2.45) is 10.8 Å². The smallest absolute Gasteiger partial charge is 0.119 e. The van der Waals surface area contributed by atoms with Gasteiger partial charge in [-0.2, -0.15) is 0 Å². The Morgan fingerprint density at radius 1 is 0.704 bits per heavy atom. The van der Waals surface area contributed by atoms with Crippen LogP contribution in [-0.4, -0.2) is 23.3 Å². The van der Waals surface area contributed by atoms with E-state index in [1.807, 2.05) is 48.5 Å². The van der Waals surface area contributed by atoms with Crippen molar-refractivity contribution in [2.75, 3.05) is 13.2 Å². The summed E-state index contributed by atoms with van der Waals surface area (Å²) >= 11 is 0. The number of benzene rings is 2. The van der Waals surface area contributed by atoms with Crippen molar-refractivity contribution >= 4 is 15.4 Å². The molecule has 2 aromatic carbocycles. The normalized spacial score (nSPS) is 12.7. The molecule has 2 rings (SSSR count). The fourth-order valence-electron chi connectivity index (χ4n) is 2.25. The first-order valence-corrected chi connectivity index (χ1v) is 10.9. The summed E-state index contributed by atoms with van der Waals surface area (Å²) in [6.45, 7) is 14.0. The standard InChI is InChI=1S/C23H32O3S/c1-22(2,3)16-25-18-8-12-20(13-9-18)27(7,24)21-14-10-19(11-15-21)26-17-23(4,5)6/h8-15H,7,16-17H2,1-6H3. The van der Waals surface area contributed by atoms with Gasteiger partial charge < -0.3 is 9.47 Å². The maximum atomic E-state index is 13.3. The van der Waals surface area contributed by atoms with Crippen molar-refractivity contribution in [3.63, 3.8) is 0 Å². The van der Waals surface area contributed by atoms with E-state index in [2.05, 4.69) is 47.4 Å². The highest BCUT2D eigenvalue weighted by atomic mass is 32.2. The van der Waals surface area contributed by atoms with Gasteiger partial charge in [0.2, 0.25) is 0 Å². The number of rotatable bonds is 6. The largest absolute Gasteiger partial charge is 0.493 e. The third-order valence-corrected chi connectivity index (χ3v) is 5.82. The molecule has 0 spiro atoms. The third-order valence-electron chi connectivity index (χ3n) is 3.75. The van der Waals surface area contributed by atoms with Gasteiger partial charge in [0.1, 0.15) is 11.5 Å². The van der Waals surface area contributed by atoms with E-state index in [0.717, 1.165) is 11.5 Å². The molecule has 0 saturated heterocycles. The predicted molar refractivity (Wildman–Crippen MR) is 115 cm³/mol. The minimum absolute atomic E-state index is 0.0926. The van der Waals surface area contributed by atoms with Gasteiger partial charge in [0, 0.05) is 19.3 Å². The Labute approximate surface area is 164 Å². The Bertz CT molecular complexity index is 767. The minimum Gasteiger partial charge on any atom is -0.493 e. The molecular weight excluding hydrogens is 356 g/mol. The number of hydrogen-bond acceptors (Lipinski definition) is 3. The quantitative estimate of drug-likeness (QED) is 0.598. The summed E-state index contributed by atoms with van der Waals surface area (Å²) in [6.07, 6.45) is 0. The van der Waals surface area contributed by atoms with Gasteiger partial charge in [-0.3, -0.25) is 4.21 Å². The zero-order valence-corrected chi connectivity index (χ0v) is 18.2. The lowest BCUT2D eigenvalue weighted by Crippen LogP contribution is -2.17. The van der Waals surface area contributed by atoms with E-state index in [0.29, 0.717) is 23.0 Å². The second kappa shape index (κ2) is 7.97. The fourth-order valence-corrected chi connectivity index (χ4v) is 3.67. The minimum atomic E-state index is -2.57. The van der Waals surface area contributed by atoms with Crippen LogP contribution in [0.1, 0.15) is 41.5 Å². The van der Waals surface area contributed by atoms with Gasteiger partial charge >= 0.3 is 0 Å². The SMILES string of the molecule is C=S(=O)(c1ccc(OCC(C)(C)C)cc1)c1ccc(OCC(C)(C)C)cc1. The van der Waals surface area contributed by atoms with Crippen LogP contribution in [0.4, 0.5) is 0 Å².